The minimum absolute atomic E-state index is 0.0464. The Morgan fingerprint density at radius 3 is 2.68 bits per heavy atom. The molecule has 1 aliphatic rings. The predicted molar refractivity (Wildman–Crippen MR) is 74.7 cm³/mol. The summed E-state index contributed by atoms with van der Waals surface area (Å²) < 4.78 is 17.4. The van der Waals surface area contributed by atoms with E-state index < -0.39 is 5.79 Å². The van der Waals surface area contributed by atoms with Gasteiger partial charge >= 0.3 is 0 Å². The molecule has 0 aromatic heterocycles. The van der Waals surface area contributed by atoms with Crippen LogP contribution in [-0.4, -0.2) is 24.6 Å². The smallest absolute Gasteiger partial charge is 0.163 e. The Labute approximate surface area is 115 Å². The van der Waals surface area contributed by atoms with Crippen LogP contribution in [0.25, 0.3) is 0 Å². The second-order valence-corrected chi connectivity index (χ2v) is 5.15. The third kappa shape index (κ3) is 4.16. The van der Waals surface area contributed by atoms with Crippen LogP contribution in [-0.2, 0) is 20.8 Å². The van der Waals surface area contributed by atoms with Gasteiger partial charge in [-0.05, 0) is 26.3 Å². The van der Waals surface area contributed by atoms with Crippen molar-refractivity contribution in [3.05, 3.63) is 48.0 Å². The fourth-order valence-corrected chi connectivity index (χ4v) is 2.12. The summed E-state index contributed by atoms with van der Waals surface area (Å²) in [5.41, 5.74) is 1.16. The molecule has 1 aliphatic heterocycles. The maximum Gasteiger partial charge on any atom is 0.163 e. The van der Waals surface area contributed by atoms with Gasteiger partial charge in [0, 0.05) is 0 Å². The normalized spacial score (nSPS) is 23.8. The molecule has 0 bridgehead atoms. The fraction of sp³-hybridized carbons (Fsp3) is 0.500. The molecule has 1 aromatic rings. The molecule has 0 spiro atoms. The Bertz CT molecular complexity index is 411. The van der Waals surface area contributed by atoms with Crippen molar-refractivity contribution >= 4 is 0 Å². The Morgan fingerprint density at radius 1 is 1.37 bits per heavy atom. The molecular weight excluding hydrogens is 240 g/mol. The summed E-state index contributed by atoms with van der Waals surface area (Å²) in [6.07, 6.45) is 3.89. The molecule has 19 heavy (non-hydrogen) atoms. The lowest BCUT2D eigenvalue weighted by atomic mass is 10.2. The van der Waals surface area contributed by atoms with E-state index in [1.807, 2.05) is 51.1 Å². The van der Waals surface area contributed by atoms with Gasteiger partial charge in [-0.3, -0.25) is 0 Å². The zero-order valence-electron chi connectivity index (χ0n) is 11.8. The average molecular weight is 262 g/mol. The van der Waals surface area contributed by atoms with E-state index in [4.69, 9.17) is 14.2 Å². The highest BCUT2D eigenvalue weighted by atomic mass is 16.7. The summed E-state index contributed by atoms with van der Waals surface area (Å²) >= 11 is 0. The molecule has 1 heterocycles. The zero-order valence-corrected chi connectivity index (χ0v) is 11.8. The SMILES string of the molecule is C/C=C\[C@@H](OCc1ccccc1)[C@H]1COC(C)(C)O1. The first-order valence-corrected chi connectivity index (χ1v) is 6.71. The minimum Gasteiger partial charge on any atom is -0.367 e. The first kappa shape index (κ1) is 14.3. The van der Waals surface area contributed by atoms with E-state index in [-0.39, 0.29) is 12.2 Å². The molecule has 3 nitrogen and oxygen atoms in total. The maximum atomic E-state index is 5.95. The topological polar surface area (TPSA) is 27.7 Å². The molecule has 104 valence electrons. The van der Waals surface area contributed by atoms with E-state index in [2.05, 4.69) is 12.1 Å². The third-order valence-corrected chi connectivity index (χ3v) is 3.06. The first-order valence-electron chi connectivity index (χ1n) is 6.71. The second kappa shape index (κ2) is 6.33. The van der Waals surface area contributed by atoms with Crippen LogP contribution in [0.5, 0.6) is 0 Å². The van der Waals surface area contributed by atoms with Gasteiger partial charge in [0.25, 0.3) is 0 Å². The lowest BCUT2D eigenvalue weighted by molar-refractivity contribution is -0.152. The van der Waals surface area contributed by atoms with Gasteiger partial charge in [0.1, 0.15) is 12.2 Å². The van der Waals surface area contributed by atoms with Crippen LogP contribution in [0.15, 0.2) is 42.5 Å². The van der Waals surface area contributed by atoms with Crippen LogP contribution in [0.3, 0.4) is 0 Å². The fourth-order valence-electron chi connectivity index (χ4n) is 2.12. The lowest BCUT2D eigenvalue weighted by Gasteiger charge is -2.22. The summed E-state index contributed by atoms with van der Waals surface area (Å²) in [5, 5.41) is 0. The molecule has 0 amide bonds. The molecule has 1 aromatic carbocycles. The standard InChI is InChI=1S/C16H22O3/c1-4-8-14(15-12-18-16(2,3)19-15)17-11-13-9-6-5-7-10-13/h4-10,14-15H,11-12H2,1-3H3/b8-4-/t14-,15-/m1/s1. The Balaban J connectivity index is 1.94. The van der Waals surface area contributed by atoms with Crippen molar-refractivity contribution in [3.63, 3.8) is 0 Å². The van der Waals surface area contributed by atoms with E-state index in [1.165, 1.54) is 0 Å². The molecule has 0 saturated carbocycles. The average Bonchev–Trinajstić information content (AvgIpc) is 2.76. The van der Waals surface area contributed by atoms with Crippen LogP contribution in [0, 0.1) is 0 Å². The Hall–Kier alpha value is -1.16. The van der Waals surface area contributed by atoms with Gasteiger partial charge in [-0.25, -0.2) is 0 Å². The maximum absolute atomic E-state index is 5.95. The van der Waals surface area contributed by atoms with E-state index in [9.17, 15) is 0 Å². The number of hydrogen-bond acceptors (Lipinski definition) is 3. The number of rotatable bonds is 5. The van der Waals surface area contributed by atoms with Crippen molar-refractivity contribution in [2.75, 3.05) is 6.61 Å². The van der Waals surface area contributed by atoms with Crippen molar-refractivity contribution < 1.29 is 14.2 Å². The van der Waals surface area contributed by atoms with E-state index in [0.29, 0.717) is 13.2 Å². The van der Waals surface area contributed by atoms with Gasteiger partial charge in [0.15, 0.2) is 5.79 Å². The second-order valence-electron chi connectivity index (χ2n) is 5.15. The van der Waals surface area contributed by atoms with E-state index in [0.717, 1.165) is 5.56 Å². The first-order chi connectivity index (χ1) is 9.11. The van der Waals surface area contributed by atoms with Gasteiger partial charge < -0.3 is 14.2 Å². The van der Waals surface area contributed by atoms with Gasteiger partial charge in [0.2, 0.25) is 0 Å². The van der Waals surface area contributed by atoms with Crippen LogP contribution in [0.4, 0.5) is 0 Å². The Morgan fingerprint density at radius 2 is 2.11 bits per heavy atom. The summed E-state index contributed by atoms with van der Waals surface area (Å²) in [6.45, 7) is 6.99. The van der Waals surface area contributed by atoms with E-state index >= 15 is 0 Å². The van der Waals surface area contributed by atoms with Crippen LogP contribution in [0.2, 0.25) is 0 Å². The number of allylic oxidation sites excluding steroid dienone is 1. The van der Waals surface area contributed by atoms with Gasteiger partial charge in [-0.15, -0.1) is 0 Å². The van der Waals surface area contributed by atoms with Gasteiger partial charge in [0.05, 0.1) is 13.2 Å². The zero-order chi connectivity index (χ0) is 13.7. The largest absolute Gasteiger partial charge is 0.367 e. The lowest BCUT2D eigenvalue weighted by Crippen LogP contribution is -2.31. The van der Waals surface area contributed by atoms with Crippen molar-refractivity contribution in [1.29, 1.82) is 0 Å². The molecule has 1 fully saturated rings. The van der Waals surface area contributed by atoms with Crippen molar-refractivity contribution in [2.24, 2.45) is 0 Å². The quantitative estimate of drug-likeness (QED) is 0.762. The van der Waals surface area contributed by atoms with Crippen molar-refractivity contribution in [1.82, 2.24) is 0 Å². The highest BCUT2D eigenvalue weighted by Crippen LogP contribution is 2.26. The third-order valence-electron chi connectivity index (χ3n) is 3.06. The molecule has 3 heteroatoms. The van der Waals surface area contributed by atoms with Crippen LogP contribution < -0.4 is 0 Å². The number of ether oxygens (including phenoxy) is 3. The molecular formula is C16H22O3. The van der Waals surface area contributed by atoms with Crippen LogP contribution >= 0.6 is 0 Å². The van der Waals surface area contributed by atoms with Gasteiger partial charge in [-0.2, -0.15) is 0 Å². The monoisotopic (exact) mass is 262 g/mol. The van der Waals surface area contributed by atoms with Crippen molar-refractivity contribution in [2.45, 2.75) is 45.4 Å². The van der Waals surface area contributed by atoms with Crippen LogP contribution in [0.1, 0.15) is 26.3 Å². The van der Waals surface area contributed by atoms with Gasteiger partial charge in [-0.1, -0.05) is 42.5 Å². The summed E-state index contributed by atoms with van der Waals surface area (Å²) in [4.78, 5) is 0. The summed E-state index contributed by atoms with van der Waals surface area (Å²) in [6, 6.07) is 10.2. The molecule has 1 saturated heterocycles. The Kier molecular flexibility index (Phi) is 4.75. The number of benzene rings is 1. The van der Waals surface area contributed by atoms with Crippen molar-refractivity contribution in [3.8, 4) is 0 Å². The summed E-state index contributed by atoms with van der Waals surface area (Å²) in [5.74, 6) is -0.513. The molecule has 0 aliphatic carbocycles. The molecule has 0 N–H and O–H groups in total. The highest BCUT2D eigenvalue weighted by molar-refractivity contribution is 5.13. The number of hydrogen-bond donors (Lipinski definition) is 0. The molecule has 0 unspecified atom stereocenters. The van der Waals surface area contributed by atoms with E-state index in [1.54, 1.807) is 0 Å². The highest BCUT2D eigenvalue weighted by Gasteiger charge is 2.36. The predicted octanol–water partition coefficient (Wildman–Crippen LogP) is 3.30. The summed E-state index contributed by atoms with van der Waals surface area (Å²) in [7, 11) is 0. The molecule has 2 rings (SSSR count). The molecule has 0 radical (unpaired) electrons. The minimum atomic E-state index is -0.513. The molecule has 2 atom stereocenters.